The standard InChI is InChI=1S/C21H36NO4P/c1-7-17(15-19(22-27)20(23)24)9-10-18(8-2)25-14-12-21(5,6)26-13-11-16(3)4/h7-10,16,19,22H,1-2,11-15,27H2,3-6H3,(H,23,24)/b17-9+,18-10+. The van der Waals surface area contributed by atoms with Gasteiger partial charge in [0.2, 0.25) is 0 Å². The molecule has 0 amide bonds. The molecule has 2 N–H and O–H groups in total. The van der Waals surface area contributed by atoms with Crippen molar-refractivity contribution in [1.29, 1.82) is 0 Å². The second-order valence-electron chi connectivity index (χ2n) is 7.37. The molecule has 0 aliphatic rings. The molecule has 0 radical (unpaired) electrons. The first kappa shape index (κ1) is 25.6. The molecule has 0 aliphatic carbocycles. The van der Waals surface area contributed by atoms with Crippen molar-refractivity contribution in [3.8, 4) is 0 Å². The second-order valence-corrected chi connectivity index (χ2v) is 7.70. The number of ether oxygens (including phenoxy) is 2. The third-order valence-electron chi connectivity index (χ3n) is 4.03. The van der Waals surface area contributed by atoms with Crippen LogP contribution in [0.1, 0.15) is 47.0 Å². The second kappa shape index (κ2) is 13.7. The van der Waals surface area contributed by atoms with Gasteiger partial charge in [0.15, 0.2) is 0 Å². The highest BCUT2D eigenvalue weighted by Crippen LogP contribution is 2.17. The molecule has 0 saturated carbocycles. The molecule has 5 nitrogen and oxygen atoms in total. The zero-order chi connectivity index (χ0) is 20.9. The van der Waals surface area contributed by atoms with E-state index in [1.807, 2.05) is 0 Å². The van der Waals surface area contributed by atoms with Crippen molar-refractivity contribution in [3.05, 3.63) is 48.8 Å². The number of allylic oxidation sites excluding steroid dienone is 4. The van der Waals surface area contributed by atoms with E-state index in [1.165, 1.54) is 0 Å². The van der Waals surface area contributed by atoms with Gasteiger partial charge in [-0.15, -0.1) is 0 Å². The minimum Gasteiger partial charge on any atom is -0.494 e. The Kier molecular flexibility index (Phi) is 13.0. The molecule has 0 aliphatic heterocycles. The normalized spacial score (nSPS) is 14.1. The minimum absolute atomic E-state index is 0.248. The Balaban J connectivity index is 4.66. The first-order valence-corrected chi connectivity index (χ1v) is 9.84. The van der Waals surface area contributed by atoms with Crippen molar-refractivity contribution >= 4 is 15.4 Å². The van der Waals surface area contributed by atoms with E-state index in [0.717, 1.165) is 25.0 Å². The summed E-state index contributed by atoms with van der Waals surface area (Å²) in [6.07, 6.45) is 8.96. The third-order valence-corrected chi connectivity index (χ3v) is 4.43. The summed E-state index contributed by atoms with van der Waals surface area (Å²) in [6, 6.07) is -0.690. The summed E-state index contributed by atoms with van der Waals surface area (Å²) in [4.78, 5) is 11.1. The summed E-state index contributed by atoms with van der Waals surface area (Å²) in [7, 11) is 2.23. The number of carboxylic acids is 1. The lowest BCUT2D eigenvalue weighted by Crippen LogP contribution is -2.30. The predicted octanol–water partition coefficient (Wildman–Crippen LogP) is 4.64. The number of hydrogen-bond donors (Lipinski definition) is 2. The van der Waals surface area contributed by atoms with Gasteiger partial charge < -0.3 is 14.6 Å². The number of aliphatic carboxylic acids is 1. The van der Waals surface area contributed by atoms with Crippen LogP contribution in [0.3, 0.4) is 0 Å². The lowest BCUT2D eigenvalue weighted by atomic mass is 10.1. The number of carbonyl (C=O) groups is 1. The van der Waals surface area contributed by atoms with E-state index in [-0.39, 0.29) is 5.60 Å². The van der Waals surface area contributed by atoms with E-state index >= 15 is 0 Å². The van der Waals surface area contributed by atoms with Crippen LogP contribution in [-0.4, -0.2) is 35.9 Å². The smallest absolute Gasteiger partial charge is 0.321 e. The summed E-state index contributed by atoms with van der Waals surface area (Å²) >= 11 is 0. The van der Waals surface area contributed by atoms with Crippen molar-refractivity contribution in [2.45, 2.75) is 58.6 Å². The highest BCUT2D eigenvalue weighted by molar-refractivity contribution is 7.13. The van der Waals surface area contributed by atoms with Gasteiger partial charge in [-0.3, -0.25) is 9.88 Å². The van der Waals surface area contributed by atoms with Crippen LogP contribution in [0, 0.1) is 5.92 Å². The predicted molar refractivity (Wildman–Crippen MR) is 116 cm³/mol. The molecular weight excluding hydrogens is 361 g/mol. The maximum Gasteiger partial charge on any atom is 0.321 e. The van der Waals surface area contributed by atoms with E-state index in [2.05, 4.69) is 55.3 Å². The van der Waals surface area contributed by atoms with E-state index < -0.39 is 12.0 Å². The van der Waals surface area contributed by atoms with Gasteiger partial charge in [-0.2, -0.15) is 0 Å². The van der Waals surface area contributed by atoms with E-state index in [4.69, 9.17) is 14.6 Å². The lowest BCUT2D eigenvalue weighted by molar-refractivity contribution is -0.138. The Morgan fingerprint density at radius 2 is 1.89 bits per heavy atom. The Bertz CT molecular complexity index is 538. The van der Waals surface area contributed by atoms with Crippen LogP contribution in [0.5, 0.6) is 0 Å². The van der Waals surface area contributed by atoms with Crippen LogP contribution in [0.4, 0.5) is 0 Å². The summed E-state index contributed by atoms with van der Waals surface area (Å²) in [6.45, 7) is 17.2. The largest absolute Gasteiger partial charge is 0.494 e. The monoisotopic (exact) mass is 397 g/mol. The summed E-state index contributed by atoms with van der Waals surface area (Å²) in [5.74, 6) is 0.333. The number of hydrogen-bond acceptors (Lipinski definition) is 4. The van der Waals surface area contributed by atoms with Crippen molar-refractivity contribution in [3.63, 3.8) is 0 Å². The fourth-order valence-corrected chi connectivity index (χ4v) is 2.36. The SMILES string of the molecule is C=C/C(=C\C=C(/C=C)OCCC(C)(C)OCCC(C)C)CC(NP)C(=O)O. The number of nitrogens with one attached hydrogen (secondary N) is 1. The molecular formula is C21H36NO4P. The quantitative estimate of drug-likeness (QED) is 0.239. The van der Waals surface area contributed by atoms with Gasteiger partial charge in [0.1, 0.15) is 11.8 Å². The van der Waals surface area contributed by atoms with E-state index in [1.54, 1.807) is 24.3 Å². The average molecular weight is 397 g/mol. The molecule has 2 unspecified atom stereocenters. The Morgan fingerprint density at radius 1 is 1.22 bits per heavy atom. The summed E-state index contributed by atoms with van der Waals surface area (Å²) in [5.41, 5.74) is 0.542. The zero-order valence-corrected chi connectivity index (χ0v) is 18.3. The highest BCUT2D eigenvalue weighted by Gasteiger charge is 2.18. The van der Waals surface area contributed by atoms with Gasteiger partial charge in [-0.1, -0.05) is 48.5 Å². The van der Waals surface area contributed by atoms with Crippen molar-refractivity contribution < 1.29 is 19.4 Å². The first-order chi connectivity index (χ1) is 12.6. The molecule has 0 fully saturated rings. The number of rotatable bonds is 15. The molecule has 0 aromatic heterocycles. The molecule has 0 aromatic rings. The van der Waals surface area contributed by atoms with Gasteiger partial charge >= 0.3 is 5.97 Å². The minimum atomic E-state index is -0.915. The molecule has 0 bridgehead atoms. The Hall–Kier alpha value is -1.42. The average Bonchev–Trinajstić information content (AvgIpc) is 2.59. The first-order valence-electron chi connectivity index (χ1n) is 9.26. The molecule has 2 atom stereocenters. The molecule has 0 rings (SSSR count). The van der Waals surface area contributed by atoms with Gasteiger partial charge in [0.05, 0.1) is 12.2 Å². The van der Waals surface area contributed by atoms with Crippen LogP contribution in [-0.2, 0) is 14.3 Å². The molecule has 154 valence electrons. The molecule has 0 heterocycles. The summed E-state index contributed by atoms with van der Waals surface area (Å²) in [5, 5.41) is 11.8. The van der Waals surface area contributed by atoms with Crippen LogP contribution in [0.15, 0.2) is 48.8 Å². The summed E-state index contributed by atoms with van der Waals surface area (Å²) < 4.78 is 11.7. The molecule has 6 heteroatoms. The fraction of sp³-hybridized carbons (Fsp3) is 0.571. The van der Waals surface area contributed by atoms with Gasteiger partial charge in [0.25, 0.3) is 0 Å². The fourth-order valence-electron chi connectivity index (χ4n) is 2.09. The lowest BCUT2D eigenvalue weighted by Gasteiger charge is -2.26. The molecule has 0 saturated heterocycles. The maximum absolute atomic E-state index is 11.1. The maximum atomic E-state index is 11.1. The van der Waals surface area contributed by atoms with Crippen LogP contribution in [0.25, 0.3) is 0 Å². The zero-order valence-electron chi connectivity index (χ0n) is 17.2. The molecule has 27 heavy (non-hydrogen) atoms. The topological polar surface area (TPSA) is 67.8 Å². The Labute approximate surface area is 166 Å². The van der Waals surface area contributed by atoms with Crippen molar-refractivity contribution in [2.75, 3.05) is 13.2 Å². The van der Waals surface area contributed by atoms with Crippen LogP contribution < -0.4 is 5.09 Å². The van der Waals surface area contributed by atoms with Gasteiger partial charge in [-0.05, 0) is 50.3 Å². The van der Waals surface area contributed by atoms with Crippen molar-refractivity contribution in [2.24, 2.45) is 5.92 Å². The highest BCUT2D eigenvalue weighted by atomic mass is 31.0. The third kappa shape index (κ3) is 12.6. The van der Waals surface area contributed by atoms with Crippen LogP contribution >= 0.6 is 9.39 Å². The van der Waals surface area contributed by atoms with Gasteiger partial charge in [0, 0.05) is 13.0 Å². The van der Waals surface area contributed by atoms with E-state index in [0.29, 0.717) is 24.7 Å². The molecule has 0 spiro atoms. The van der Waals surface area contributed by atoms with Crippen LogP contribution in [0.2, 0.25) is 0 Å². The van der Waals surface area contributed by atoms with Gasteiger partial charge in [-0.25, -0.2) is 0 Å². The Morgan fingerprint density at radius 3 is 2.37 bits per heavy atom. The van der Waals surface area contributed by atoms with E-state index in [9.17, 15) is 4.79 Å². The van der Waals surface area contributed by atoms with Crippen molar-refractivity contribution in [1.82, 2.24) is 5.09 Å². The number of carboxylic acid groups (broad SMARTS) is 1. The molecule has 0 aromatic carbocycles.